The molecule has 1 aliphatic rings. The van der Waals surface area contributed by atoms with Crippen LogP contribution in [0, 0.1) is 5.92 Å². The minimum atomic E-state index is -0.229. The minimum Gasteiger partial charge on any atom is -0.466 e. The summed E-state index contributed by atoms with van der Waals surface area (Å²) in [4.78, 5) is 38.6. The summed E-state index contributed by atoms with van der Waals surface area (Å²) in [5, 5.41) is 5.22. The van der Waals surface area contributed by atoms with Crippen LogP contribution in [0.25, 0.3) is 10.8 Å². The molecule has 0 saturated carbocycles. The number of nitrogens with zero attached hydrogens (tertiary/aromatic N) is 3. The van der Waals surface area contributed by atoms with Gasteiger partial charge < -0.3 is 9.64 Å². The predicted octanol–water partition coefficient (Wildman–Crippen LogP) is 1.35. The zero-order valence-corrected chi connectivity index (χ0v) is 14.4. The highest BCUT2D eigenvalue weighted by atomic mass is 16.5. The van der Waals surface area contributed by atoms with Crippen LogP contribution in [0.2, 0.25) is 0 Å². The average Bonchev–Trinajstić information content (AvgIpc) is 2.64. The van der Waals surface area contributed by atoms with Crippen molar-refractivity contribution in [2.24, 2.45) is 13.0 Å². The molecule has 2 heterocycles. The van der Waals surface area contributed by atoms with Gasteiger partial charge in [-0.05, 0) is 25.8 Å². The maximum atomic E-state index is 12.9. The van der Waals surface area contributed by atoms with E-state index in [-0.39, 0.29) is 29.0 Å². The van der Waals surface area contributed by atoms with Crippen molar-refractivity contribution in [1.82, 2.24) is 14.7 Å². The van der Waals surface area contributed by atoms with Crippen LogP contribution in [0.1, 0.15) is 30.3 Å². The molecular formula is C18H21N3O4. The van der Waals surface area contributed by atoms with E-state index >= 15 is 0 Å². The Morgan fingerprint density at radius 2 is 1.84 bits per heavy atom. The van der Waals surface area contributed by atoms with Crippen LogP contribution in [0.4, 0.5) is 0 Å². The number of likely N-dealkylation sites (tertiary alicyclic amines) is 1. The van der Waals surface area contributed by atoms with Crippen molar-refractivity contribution >= 4 is 22.6 Å². The fraction of sp³-hybridized carbons (Fsp3) is 0.444. The first-order valence-corrected chi connectivity index (χ1v) is 8.45. The van der Waals surface area contributed by atoms with Crippen LogP contribution in [0.3, 0.4) is 0 Å². The van der Waals surface area contributed by atoms with Gasteiger partial charge in [0.05, 0.1) is 17.9 Å². The molecule has 132 valence electrons. The van der Waals surface area contributed by atoms with Gasteiger partial charge in [0.2, 0.25) is 0 Å². The van der Waals surface area contributed by atoms with Crippen molar-refractivity contribution in [2.75, 3.05) is 19.7 Å². The summed E-state index contributed by atoms with van der Waals surface area (Å²) in [5.41, 5.74) is 0.0421. The van der Waals surface area contributed by atoms with Crippen LogP contribution in [0.15, 0.2) is 29.1 Å². The van der Waals surface area contributed by atoms with E-state index in [0.29, 0.717) is 43.3 Å². The van der Waals surface area contributed by atoms with Crippen molar-refractivity contribution in [3.63, 3.8) is 0 Å². The number of piperidine rings is 1. The first kappa shape index (κ1) is 17.1. The molecule has 0 bridgehead atoms. The second kappa shape index (κ2) is 7.04. The number of benzene rings is 1. The van der Waals surface area contributed by atoms with E-state index in [0.717, 1.165) is 0 Å². The number of aryl methyl sites for hydroxylation is 1. The van der Waals surface area contributed by atoms with Crippen LogP contribution in [-0.2, 0) is 16.6 Å². The van der Waals surface area contributed by atoms with Crippen molar-refractivity contribution < 1.29 is 14.3 Å². The molecule has 3 rings (SSSR count). The van der Waals surface area contributed by atoms with Crippen molar-refractivity contribution in [2.45, 2.75) is 19.8 Å². The Morgan fingerprint density at radius 3 is 2.48 bits per heavy atom. The van der Waals surface area contributed by atoms with E-state index in [4.69, 9.17) is 4.74 Å². The second-order valence-corrected chi connectivity index (χ2v) is 6.14. The number of esters is 1. The summed E-state index contributed by atoms with van der Waals surface area (Å²) in [5.74, 6) is -0.566. The molecule has 1 aromatic carbocycles. The maximum Gasteiger partial charge on any atom is 0.309 e. The summed E-state index contributed by atoms with van der Waals surface area (Å²) in [6.45, 7) is 3.10. The molecule has 1 amide bonds. The summed E-state index contributed by atoms with van der Waals surface area (Å²) < 4.78 is 6.25. The highest BCUT2D eigenvalue weighted by molar-refractivity contribution is 6.04. The zero-order chi connectivity index (χ0) is 18.0. The fourth-order valence-corrected chi connectivity index (χ4v) is 3.19. The molecule has 7 heteroatoms. The Labute approximate surface area is 145 Å². The summed E-state index contributed by atoms with van der Waals surface area (Å²) in [6.07, 6.45) is 1.16. The lowest BCUT2D eigenvalue weighted by atomic mass is 9.96. The Kier molecular flexibility index (Phi) is 4.83. The van der Waals surface area contributed by atoms with Crippen LogP contribution >= 0.6 is 0 Å². The number of amides is 1. The number of carbonyl (C=O) groups excluding carboxylic acids is 2. The van der Waals surface area contributed by atoms with Gasteiger partial charge in [0.1, 0.15) is 0 Å². The third kappa shape index (κ3) is 3.26. The third-order valence-corrected chi connectivity index (χ3v) is 4.56. The molecule has 25 heavy (non-hydrogen) atoms. The van der Waals surface area contributed by atoms with E-state index in [2.05, 4.69) is 5.10 Å². The molecule has 0 N–H and O–H groups in total. The normalized spacial score (nSPS) is 15.4. The van der Waals surface area contributed by atoms with E-state index in [1.165, 1.54) is 4.68 Å². The lowest BCUT2D eigenvalue weighted by Crippen LogP contribution is -2.41. The van der Waals surface area contributed by atoms with Crippen molar-refractivity contribution in [1.29, 1.82) is 0 Å². The predicted molar refractivity (Wildman–Crippen MR) is 92.2 cm³/mol. The quantitative estimate of drug-likeness (QED) is 0.786. The number of fused-ring (bicyclic) bond motifs is 1. The monoisotopic (exact) mass is 343 g/mol. The molecule has 1 aliphatic heterocycles. The molecule has 1 saturated heterocycles. The summed E-state index contributed by atoms with van der Waals surface area (Å²) >= 11 is 0. The SMILES string of the molecule is CCOC(=O)C1CCN(C(=O)c2nn(C)c(=O)c3ccccc23)CC1. The number of carbonyl (C=O) groups is 2. The molecule has 1 fully saturated rings. The van der Waals surface area contributed by atoms with E-state index in [1.54, 1.807) is 43.1 Å². The largest absolute Gasteiger partial charge is 0.466 e. The molecule has 0 aliphatic carbocycles. The van der Waals surface area contributed by atoms with Crippen LogP contribution in [-0.4, -0.2) is 46.3 Å². The van der Waals surface area contributed by atoms with Crippen molar-refractivity contribution in [3.05, 3.63) is 40.3 Å². The first-order chi connectivity index (χ1) is 12.0. The van der Waals surface area contributed by atoms with Gasteiger partial charge in [0, 0.05) is 25.5 Å². The smallest absolute Gasteiger partial charge is 0.309 e. The molecule has 0 unspecified atom stereocenters. The highest BCUT2D eigenvalue weighted by Gasteiger charge is 2.30. The van der Waals surface area contributed by atoms with Gasteiger partial charge in [-0.3, -0.25) is 14.4 Å². The van der Waals surface area contributed by atoms with Gasteiger partial charge in [-0.25, -0.2) is 4.68 Å². The van der Waals surface area contributed by atoms with Crippen molar-refractivity contribution in [3.8, 4) is 0 Å². The summed E-state index contributed by atoms with van der Waals surface area (Å²) in [6, 6.07) is 6.99. The van der Waals surface area contributed by atoms with E-state index < -0.39 is 0 Å². The molecule has 7 nitrogen and oxygen atoms in total. The van der Waals surface area contributed by atoms with Gasteiger partial charge in [-0.1, -0.05) is 18.2 Å². The Morgan fingerprint density at radius 1 is 1.20 bits per heavy atom. The van der Waals surface area contributed by atoms with Crippen LogP contribution in [0.5, 0.6) is 0 Å². The highest BCUT2D eigenvalue weighted by Crippen LogP contribution is 2.22. The Bertz CT molecular complexity index is 866. The van der Waals surface area contributed by atoms with Gasteiger partial charge in [-0.15, -0.1) is 0 Å². The number of aromatic nitrogens is 2. The molecule has 2 aromatic rings. The Hall–Kier alpha value is -2.70. The summed E-state index contributed by atoms with van der Waals surface area (Å²) in [7, 11) is 1.54. The number of hydrogen-bond acceptors (Lipinski definition) is 5. The first-order valence-electron chi connectivity index (χ1n) is 8.45. The molecule has 0 radical (unpaired) electrons. The lowest BCUT2D eigenvalue weighted by molar-refractivity contribution is -0.149. The maximum absolute atomic E-state index is 12.9. The topological polar surface area (TPSA) is 81.5 Å². The standard InChI is InChI=1S/C18H21N3O4/c1-3-25-18(24)12-8-10-21(11-9-12)17(23)15-13-6-4-5-7-14(13)16(22)20(2)19-15/h4-7,12H,3,8-11H2,1-2H3. The zero-order valence-electron chi connectivity index (χ0n) is 14.4. The number of hydrogen-bond donors (Lipinski definition) is 0. The third-order valence-electron chi connectivity index (χ3n) is 4.56. The minimum absolute atomic E-state index is 0.158. The fourth-order valence-electron chi connectivity index (χ4n) is 3.19. The Balaban J connectivity index is 1.83. The molecule has 0 atom stereocenters. The number of ether oxygens (including phenoxy) is 1. The second-order valence-electron chi connectivity index (χ2n) is 6.14. The van der Waals surface area contributed by atoms with E-state index in [1.807, 2.05) is 0 Å². The molecule has 0 spiro atoms. The molecule has 1 aromatic heterocycles. The van der Waals surface area contributed by atoms with Gasteiger partial charge >= 0.3 is 5.97 Å². The van der Waals surface area contributed by atoms with Gasteiger partial charge in [0.15, 0.2) is 5.69 Å². The van der Waals surface area contributed by atoms with Gasteiger partial charge in [0.25, 0.3) is 11.5 Å². The average molecular weight is 343 g/mol. The molecular weight excluding hydrogens is 322 g/mol. The van der Waals surface area contributed by atoms with Crippen LogP contribution < -0.4 is 5.56 Å². The number of rotatable bonds is 3. The van der Waals surface area contributed by atoms with E-state index in [9.17, 15) is 14.4 Å². The van der Waals surface area contributed by atoms with Gasteiger partial charge in [-0.2, -0.15) is 5.10 Å². The lowest BCUT2D eigenvalue weighted by Gasteiger charge is -2.30.